The fourth-order valence-corrected chi connectivity index (χ4v) is 1.60. The number of hydrogen-bond donors (Lipinski definition) is 1. The number of aromatic amines is 1. The van der Waals surface area contributed by atoms with Crippen molar-refractivity contribution in [3.63, 3.8) is 0 Å². The molecule has 1 aromatic carbocycles. The van der Waals surface area contributed by atoms with Crippen molar-refractivity contribution >= 4 is 10.9 Å². The van der Waals surface area contributed by atoms with Crippen LogP contribution >= 0.6 is 0 Å². The fourth-order valence-electron chi connectivity index (χ4n) is 1.60. The van der Waals surface area contributed by atoms with Crippen molar-refractivity contribution in [1.82, 2.24) is 9.97 Å². The second kappa shape index (κ2) is 2.33. The number of hydrogen-bond acceptors (Lipinski definition) is 1. The average molecular weight is 168 g/mol. The van der Waals surface area contributed by atoms with Gasteiger partial charge in [0.05, 0.1) is 11.9 Å². The van der Waals surface area contributed by atoms with Gasteiger partial charge in [0, 0.05) is 17.3 Å². The highest BCUT2D eigenvalue weighted by Crippen LogP contribution is 2.23. The number of aromatic nitrogens is 2. The predicted octanol–water partition coefficient (Wildman–Crippen LogP) is 2.67. The Bertz CT molecular complexity index is 478. The Hall–Kier alpha value is -1.83. The first-order chi connectivity index (χ1) is 6.43. The van der Waals surface area contributed by atoms with Gasteiger partial charge in [-0.1, -0.05) is 18.2 Å². The molecule has 0 bridgehead atoms. The van der Waals surface area contributed by atoms with E-state index in [1.54, 1.807) is 0 Å². The van der Waals surface area contributed by atoms with Gasteiger partial charge in [0.1, 0.15) is 0 Å². The maximum atomic E-state index is 4.09. The zero-order chi connectivity index (χ0) is 8.67. The van der Waals surface area contributed by atoms with Crippen molar-refractivity contribution in [3.8, 4) is 11.3 Å². The lowest BCUT2D eigenvalue weighted by molar-refractivity contribution is 1.38. The van der Waals surface area contributed by atoms with E-state index >= 15 is 0 Å². The fraction of sp³-hybridized carbons (Fsp3) is 0. The molecule has 0 aliphatic carbocycles. The molecule has 2 aliphatic heterocycles. The molecule has 0 aromatic heterocycles. The van der Waals surface area contributed by atoms with Crippen LogP contribution in [0.3, 0.4) is 0 Å². The summed E-state index contributed by atoms with van der Waals surface area (Å²) < 4.78 is 0. The number of para-hydroxylation sites is 1. The third kappa shape index (κ3) is 0.920. The summed E-state index contributed by atoms with van der Waals surface area (Å²) in [7, 11) is 0. The van der Waals surface area contributed by atoms with Crippen molar-refractivity contribution in [3.05, 3.63) is 42.7 Å². The third-order valence-corrected chi connectivity index (χ3v) is 2.27. The van der Waals surface area contributed by atoms with Crippen molar-refractivity contribution in [2.45, 2.75) is 0 Å². The summed E-state index contributed by atoms with van der Waals surface area (Å²) in [5.41, 5.74) is 3.42. The number of H-pyrrole nitrogens is 1. The molecule has 2 heterocycles. The highest BCUT2D eigenvalue weighted by atomic mass is 14.8. The molecule has 0 radical (unpaired) electrons. The van der Waals surface area contributed by atoms with Crippen LogP contribution in [0.2, 0.25) is 0 Å². The van der Waals surface area contributed by atoms with E-state index in [4.69, 9.17) is 0 Å². The van der Waals surface area contributed by atoms with E-state index in [1.165, 1.54) is 10.9 Å². The van der Waals surface area contributed by atoms with Crippen molar-refractivity contribution in [1.29, 1.82) is 0 Å². The van der Waals surface area contributed by atoms with E-state index in [0.717, 1.165) is 11.2 Å². The second-order valence-corrected chi connectivity index (χ2v) is 3.13. The van der Waals surface area contributed by atoms with E-state index in [2.05, 4.69) is 28.2 Å². The van der Waals surface area contributed by atoms with Gasteiger partial charge in [0.25, 0.3) is 0 Å². The van der Waals surface area contributed by atoms with Crippen LogP contribution in [0.25, 0.3) is 22.2 Å². The zero-order valence-electron chi connectivity index (χ0n) is 6.99. The van der Waals surface area contributed by atoms with Gasteiger partial charge in [-0.15, -0.1) is 0 Å². The van der Waals surface area contributed by atoms with Crippen LogP contribution in [0.15, 0.2) is 42.7 Å². The number of fused-ring (bicyclic) bond motifs is 2. The molecule has 0 fully saturated rings. The number of nitrogens with zero attached hydrogens (tertiary/aromatic N) is 1. The summed E-state index contributed by atoms with van der Waals surface area (Å²) >= 11 is 0. The molecular formula is C11H8N2. The van der Waals surface area contributed by atoms with Crippen LogP contribution in [0.5, 0.6) is 0 Å². The van der Waals surface area contributed by atoms with E-state index in [1.807, 2.05) is 24.5 Å². The van der Waals surface area contributed by atoms with Crippen LogP contribution in [0, 0.1) is 0 Å². The first kappa shape index (κ1) is 6.66. The molecule has 62 valence electrons. The van der Waals surface area contributed by atoms with Crippen molar-refractivity contribution < 1.29 is 0 Å². The molecule has 3 rings (SSSR count). The predicted molar refractivity (Wildman–Crippen MR) is 52.7 cm³/mol. The molecule has 0 spiro atoms. The normalized spacial score (nSPS) is 11.1. The van der Waals surface area contributed by atoms with Crippen LogP contribution in [0.4, 0.5) is 0 Å². The van der Waals surface area contributed by atoms with Crippen molar-refractivity contribution in [2.24, 2.45) is 0 Å². The molecular weight excluding hydrogens is 160 g/mol. The molecule has 2 heteroatoms. The van der Waals surface area contributed by atoms with Crippen LogP contribution in [0.1, 0.15) is 0 Å². The number of nitrogens with one attached hydrogen (secondary N) is 1. The molecule has 1 N–H and O–H groups in total. The van der Waals surface area contributed by atoms with Gasteiger partial charge in [-0.05, 0) is 17.5 Å². The lowest BCUT2D eigenvalue weighted by Gasteiger charge is -2.02. The molecule has 2 aliphatic rings. The van der Waals surface area contributed by atoms with E-state index < -0.39 is 0 Å². The quantitative estimate of drug-likeness (QED) is 0.549. The summed E-state index contributed by atoms with van der Waals surface area (Å²) in [6, 6.07) is 10.4. The molecule has 0 saturated heterocycles. The Labute approximate surface area is 75.6 Å². The molecule has 13 heavy (non-hydrogen) atoms. The van der Waals surface area contributed by atoms with E-state index in [-0.39, 0.29) is 0 Å². The maximum absolute atomic E-state index is 4.09. The van der Waals surface area contributed by atoms with Crippen molar-refractivity contribution in [2.75, 3.05) is 0 Å². The Morgan fingerprint density at radius 3 is 3.00 bits per heavy atom. The lowest BCUT2D eigenvalue weighted by Crippen LogP contribution is -1.82. The smallest absolute Gasteiger partial charge is 0.0659 e. The molecule has 1 aromatic rings. The third-order valence-electron chi connectivity index (χ3n) is 2.27. The topological polar surface area (TPSA) is 28.7 Å². The summed E-state index contributed by atoms with van der Waals surface area (Å²) in [5.74, 6) is 0. The van der Waals surface area contributed by atoms with Crippen LogP contribution in [-0.2, 0) is 0 Å². The monoisotopic (exact) mass is 168 g/mol. The highest BCUT2D eigenvalue weighted by Gasteiger charge is 2.03. The van der Waals surface area contributed by atoms with Crippen LogP contribution < -0.4 is 0 Å². The van der Waals surface area contributed by atoms with Gasteiger partial charge in [0.15, 0.2) is 0 Å². The average Bonchev–Trinajstić information content (AvgIpc) is 2.61. The van der Waals surface area contributed by atoms with Crippen LogP contribution in [-0.4, -0.2) is 9.97 Å². The standard InChI is InChI=1S/C11H8N2/c1-2-4-10-8(3-1)5-9-6-12-7-11(9)13-10/h1-7,13H. The maximum Gasteiger partial charge on any atom is 0.0659 e. The Morgan fingerprint density at radius 2 is 2.00 bits per heavy atom. The van der Waals surface area contributed by atoms with Gasteiger partial charge >= 0.3 is 0 Å². The van der Waals surface area contributed by atoms with Gasteiger partial charge in [-0.3, -0.25) is 4.98 Å². The number of pyridine rings is 1. The molecule has 0 unspecified atom stereocenters. The SMILES string of the molecule is c1ccc2[nH]c3cncc-3cc2c1. The summed E-state index contributed by atoms with van der Waals surface area (Å²) in [4.78, 5) is 7.42. The Balaban J connectivity index is 2.52. The van der Waals surface area contributed by atoms with E-state index in [0.29, 0.717) is 0 Å². The number of benzene rings is 1. The molecule has 0 saturated carbocycles. The Morgan fingerprint density at radius 1 is 1.08 bits per heavy atom. The summed E-state index contributed by atoms with van der Waals surface area (Å²) in [5, 5.41) is 1.23. The minimum absolute atomic E-state index is 1.10. The molecule has 0 amide bonds. The summed E-state index contributed by atoms with van der Waals surface area (Å²) in [6.45, 7) is 0. The lowest BCUT2D eigenvalue weighted by atomic mass is 10.1. The molecule has 2 nitrogen and oxygen atoms in total. The van der Waals surface area contributed by atoms with E-state index in [9.17, 15) is 0 Å². The highest BCUT2D eigenvalue weighted by molar-refractivity contribution is 5.85. The second-order valence-electron chi connectivity index (χ2n) is 3.13. The number of rotatable bonds is 0. The zero-order valence-corrected chi connectivity index (χ0v) is 6.99. The first-order valence-corrected chi connectivity index (χ1v) is 4.25. The largest absolute Gasteiger partial charge is 0.353 e. The Kier molecular flexibility index (Phi) is 1.19. The van der Waals surface area contributed by atoms with Gasteiger partial charge in [-0.25, -0.2) is 0 Å². The summed E-state index contributed by atoms with van der Waals surface area (Å²) in [6.07, 6.45) is 3.72. The minimum Gasteiger partial charge on any atom is -0.353 e. The minimum atomic E-state index is 1.10. The first-order valence-electron chi connectivity index (χ1n) is 4.25. The van der Waals surface area contributed by atoms with Gasteiger partial charge < -0.3 is 4.98 Å². The molecule has 0 atom stereocenters. The van der Waals surface area contributed by atoms with Gasteiger partial charge in [0.2, 0.25) is 0 Å². The van der Waals surface area contributed by atoms with Gasteiger partial charge in [-0.2, -0.15) is 0 Å².